The third-order valence-corrected chi connectivity index (χ3v) is 3.02. The Kier molecular flexibility index (Phi) is 3.38. The van der Waals surface area contributed by atoms with E-state index in [2.05, 4.69) is 15.6 Å². The van der Waals surface area contributed by atoms with Gasteiger partial charge in [-0.15, -0.1) is 0 Å². The minimum absolute atomic E-state index is 0.834. The first kappa shape index (κ1) is 10.6. The van der Waals surface area contributed by atoms with Gasteiger partial charge >= 0.3 is 0 Å². The van der Waals surface area contributed by atoms with Crippen molar-refractivity contribution in [3.8, 4) is 0 Å². The molecule has 0 bridgehead atoms. The van der Waals surface area contributed by atoms with Crippen LogP contribution in [0, 0.1) is 13.8 Å². The summed E-state index contributed by atoms with van der Waals surface area (Å²) in [6.07, 6.45) is 3.96. The van der Waals surface area contributed by atoms with Crippen LogP contribution in [0.3, 0.4) is 0 Å². The van der Waals surface area contributed by atoms with Crippen molar-refractivity contribution in [1.29, 1.82) is 0 Å². The average Bonchev–Trinajstić information content (AvgIpc) is 2.58. The SMILES string of the molecule is Cc1noc(C)c1CNN1CCCCC1. The second-order valence-corrected chi connectivity index (χ2v) is 4.19. The molecule has 0 aliphatic carbocycles. The summed E-state index contributed by atoms with van der Waals surface area (Å²) in [6, 6.07) is 0. The Morgan fingerprint density at radius 3 is 2.60 bits per heavy atom. The smallest absolute Gasteiger partial charge is 0.138 e. The fourth-order valence-corrected chi connectivity index (χ4v) is 2.00. The molecule has 4 nitrogen and oxygen atoms in total. The van der Waals surface area contributed by atoms with Gasteiger partial charge in [0.05, 0.1) is 5.69 Å². The zero-order valence-electron chi connectivity index (χ0n) is 9.55. The van der Waals surface area contributed by atoms with Gasteiger partial charge in [-0.1, -0.05) is 11.6 Å². The molecule has 1 N–H and O–H groups in total. The van der Waals surface area contributed by atoms with E-state index in [9.17, 15) is 0 Å². The van der Waals surface area contributed by atoms with Crippen molar-refractivity contribution in [2.45, 2.75) is 39.7 Å². The van der Waals surface area contributed by atoms with Gasteiger partial charge in [-0.2, -0.15) is 0 Å². The predicted octanol–water partition coefficient (Wildman–Crippen LogP) is 1.78. The van der Waals surface area contributed by atoms with Gasteiger partial charge in [-0.25, -0.2) is 5.01 Å². The van der Waals surface area contributed by atoms with E-state index in [1.165, 1.54) is 24.8 Å². The summed E-state index contributed by atoms with van der Waals surface area (Å²) in [7, 11) is 0. The molecule has 1 fully saturated rings. The minimum Gasteiger partial charge on any atom is -0.361 e. The van der Waals surface area contributed by atoms with Crippen LogP contribution in [0.4, 0.5) is 0 Å². The predicted molar refractivity (Wildman–Crippen MR) is 58.2 cm³/mol. The molecule has 0 spiro atoms. The topological polar surface area (TPSA) is 41.3 Å². The molecule has 0 saturated carbocycles. The zero-order valence-corrected chi connectivity index (χ0v) is 9.55. The Hall–Kier alpha value is -0.870. The van der Waals surface area contributed by atoms with Crippen LogP contribution in [-0.2, 0) is 6.54 Å². The van der Waals surface area contributed by atoms with Crippen LogP contribution in [-0.4, -0.2) is 23.3 Å². The molecule has 1 aliphatic heterocycles. The number of hydrogen-bond donors (Lipinski definition) is 1. The van der Waals surface area contributed by atoms with Gasteiger partial charge < -0.3 is 4.52 Å². The van der Waals surface area contributed by atoms with E-state index >= 15 is 0 Å². The van der Waals surface area contributed by atoms with Gasteiger partial charge in [0.15, 0.2) is 0 Å². The molecule has 1 aliphatic rings. The summed E-state index contributed by atoms with van der Waals surface area (Å²) >= 11 is 0. The number of nitrogens with one attached hydrogen (secondary N) is 1. The first-order valence-corrected chi connectivity index (χ1v) is 5.67. The zero-order chi connectivity index (χ0) is 10.7. The molecule has 0 unspecified atom stereocenters. The first-order chi connectivity index (χ1) is 7.27. The van der Waals surface area contributed by atoms with Gasteiger partial charge in [0.2, 0.25) is 0 Å². The second-order valence-electron chi connectivity index (χ2n) is 4.19. The van der Waals surface area contributed by atoms with E-state index in [1.54, 1.807) is 0 Å². The number of nitrogens with zero attached hydrogens (tertiary/aromatic N) is 2. The van der Waals surface area contributed by atoms with E-state index < -0.39 is 0 Å². The average molecular weight is 209 g/mol. The minimum atomic E-state index is 0.834. The molecular formula is C11H19N3O. The van der Waals surface area contributed by atoms with Crippen molar-refractivity contribution in [3.63, 3.8) is 0 Å². The summed E-state index contributed by atoms with van der Waals surface area (Å²) in [5.41, 5.74) is 5.63. The lowest BCUT2D eigenvalue weighted by Gasteiger charge is -2.27. The highest BCUT2D eigenvalue weighted by atomic mass is 16.5. The summed E-state index contributed by atoms with van der Waals surface area (Å²) in [5, 5.41) is 6.25. The van der Waals surface area contributed by atoms with Crippen LogP contribution >= 0.6 is 0 Å². The first-order valence-electron chi connectivity index (χ1n) is 5.67. The third-order valence-electron chi connectivity index (χ3n) is 3.02. The van der Waals surface area contributed by atoms with Crippen molar-refractivity contribution in [2.75, 3.05) is 13.1 Å². The maximum Gasteiger partial charge on any atom is 0.138 e. The van der Waals surface area contributed by atoms with Gasteiger partial charge in [0.25, 0.3) is 0 Å². The van der Waals surface area contributed by atoms with Crippen molar-refractivity contribution in [3.05, 3.63) is 17.0 Å². The maximum atomic E-state index is 5.13. The van der Waals surface area contributed by atoms with Crippen LogP contribution < -0.4 is 5.43 Å². The van der Waals surface area contributed by atoms with Crippen molar-refractivity contribution >= 4 is 0 Å². The lowest BCUT2D eigenvalue weighted by molar-refractivity contribution is 0.150. The van der Waals surface area contributed by atoms with Crippen LogP contribution in [0.25, 0.3) is 0 Å². The Balaban J connectivity index is 1.87. The molecule has 84 valence electrons. The largest absolute Gasteiger partial charge is 0.361 e. The van der Waals surface area contributed by atoms with Crippen LogP contribution in [0.1, 0.15) is 36.3 Å². The van der Waals surface area contributed by atoms with E-state index in [4.69, 9.17) is 4.52 Å². The fraction of sp³-hybridized carbons (Fsp3) is 0.727. The number of aromatic nitrogens is 1. The molecule has 0 aromatic carbocycles. The van der Waals surface area contributed by atoms with Crippen LogP contribution in [0.2, 0.25) is 0 Å². The summed E-state index contributed by atoms with van der Waals surface area (Å²) in [4.78, 5) is 0. The van der Waals surface area contributed by atoms with Crippen molar-refractivity contribution in [1.82, 2.24) is 15.6 Å². The molecule has 1 aromatic rings. The number of aryl methyl sites for hydroxylation is 2. The molecule has 2 heterocycles. The molecule has 1 saturated heterocycles. The monoisotopic (exact) mass is 209 g/mol. The Morgan fingerprint density at radius 1 is 1.27 bits per heavy atom. The van der Waals surface area contributed by atoms with E-state index in [0.717, 1.165) is 31.1 Å². The fourth-order valence-electron chi connectivity index (χ4n) is 2.00. The quantitative estimate of drug-likeness (QED) is 0.824. The van der Waals surface area contributed by atoms with Gasteiger partial charge in [0.1, 0.15) is 5.76 Å². The highest BCUT2D eigenvalue weighted by Crippen LogP contribution is 2.12. The highest BCUT2D eigenvalue weighted by molar-refractivity contribution is 5.20. The Bertz CT molecular complexity index is 296. The number of hydrazine groups is 1. The number of rotatable bonds is 3. The van der Waals surface area contributed by atoms with Crippen LogP contribution in [0.5, 0.6) is 0 Å². The lowest BCUT2D eigenvalue weighted by atomic mass is 10.1. The van der Waals surface area contributed by atoms with Crippen LogP contribution in [0.15, 0.2) is 4.52 Å². The second kappa shape index (κ2) is 4.77. The molecule has 4 heteroatoms. The Morgan fingerprint density at radius 2 is 2.00 bits per heavy atom. The Labute approximate surface area is 90.6 Å². The molecular weight excluding hydrogens is 190 g/mol. The number of piperidine rings is 1. The summed E-state index contributed by atoms with van der Waals surface area (Å²) in [5.74, 6) is 0.928. The molecule has 1 aromatic heterocycles. The van der Waals surface area contributed by atoms with Crippen molar-refractivity contribution < 1.29 is 4.52 Å². The standard InChI is InChI=1S/C11H19N3O/c1-9-11(10(2)15-13-9)8-12-14-6-4-3-5-7-14/h12H,3-8H2,1-2H3. The molecule has 0 radical (unpaired) electrons. The normalized spacial score (nSPS) is 18.3. The van der Waals surface area contributed by atoms with E-state index in [1.807, 2.05) is 13.8 Å². The summed E-state index contributed by atoms with van der Waals surface area (Å²) in [6.45, 7) is 7.10. The van der Waals surface area contributed by atoms with Crippen molar-refractivity contribution in [2.24, 2.45) is 0 Å². The van der Waals surface area contributed by atoms with E-state index in [-0.39, 0.29) is 0 Å². The third kappa shape index (κ3) is 2.58. The molecule has 0 atom stereocenters. The lowest BCUT2D eigenvalue weighted by Crippen LogP contribution is -2.41. The maximum absolute atomic E-state index is 5.13. The van der Waals surface area contributed by atoms with Gasteiger partial charge in [-0.3, -0.25) is 5.43 Å². The van der Waals surface area contributed by atoms with Gasteiger partial charge in [-0.05, 0) is 26.7 Å². The summed E-state index contributed by atoms with van der Waals surface area (Å²) < 4.78 is 5.13. The van der Waals surface area contributed by atoms with E-state index in [0.29, 0.717) is 0 Å². The van der Waals surface area contributed by atoms with Gasteiger partial charge in [0, 0.05) is 25.2 Å². The molecule has 2 rings (SSSR count). The molecule has 15 heavy (non-hydrogen) atoms. The number of hydrogen-bond acceptors (Lipinski definition) is 4. The highest BCUT2D eigenvalue weighted by Gasteiger charge is 2.12. The molecule has 0 amide bonds.